The molecule has 0 bridgehead atoms. The largest absolute Gasteiger partial charge is 0.369 e. The first-order chi connectivity index (χ1) is 14.7. The van der Waals surface area contributed by atoms with Crippen molar-refractivity contribution in [2.24, 2.45) is 11.1 Å². The summed E-state index contributed by atoms with van der Waals surface area (Å²) < 4.78 is 20.7. The molecule has 0 aromatic heterocycles. The zero-order chi connectivity index (χ0) is 22.9. The minimum atomic E-state index is -1.45. The van der Waals surface area contributed by atoms with E-state index in [0.717, 1.165) is 31.4 Å². The number of unbranched alkanes of at least 4 members (excludes halogenated alkanes) is 2. The summed E-state index contributed by atoms with van der Waals surface area (Å²) in [5.41, 5.74) is 4.99. The molecule has 1 aromatic rings. The monoisotopic (exact) mass is 455 g/mol. The van der Waals surface area contributed by atoms with Gasteiger partial charge in [0.2, 0.25) is 5.91 Å². The fourth-order valence-corrected chi connectivity index (χ4v) is 4.41. The number of urea groups is 1. The first-order valence-corrected chi connectivity index (χ1v) is 11.4. The Balaban J connectivity index is 1.84. The smallest absolute Gasteiger partial charge is 0.315 e. The highest BCUT2D eigenvalue weighted by atomic mass is 32.2. The maximum Gasteiger partial charge on any atom is 0.315 e. The van der Waals surface area contributed by atoms with E-state index < -0.39 is 29.0 Å². The predicted octanol–water partition coefficient (Wildman–Crippen LogP) is 2.66. The molecule has 1 aromatic carbocycles. The van der Waals surface area contributed by atoms with Crippen LogP contribution in [0.1, 0.15) is 45.6 Å². The van der Waals surface area contributed by atoms with Gasteiger partial charge in [-0.05, 0) is 43.8 Å². The van der Waals surface area contributed by atoms with Crippen LogP contribution in [0.25, 0.3) is 0 Å². The molecule has 10 heteroatoms. The van der Waals surface area contributed by atoms with Gasteiger partial charge in [0.25, 0.3) is 0 Å². The van der Waals surface area contributed by atoms with Crippen molar-refractivity contribution in [1.82, 2.24) is 20.5 Å². The molecular weight excluding hydrogens is 421 g/mol. The number of carbonyl (C=O) groups is 2. The van der Waals surface area contributed by atoms with Crippen molar-refractivity contribution < 1.29 is 18.8 Å². The molecule has 5 N–H and O–H groups in total. The molecule has 8 nitrogen and oxygen atoms in total. The Hall–Kier alpha value is -1.88. The molecule has 0 aliphatic carbocycles. The number of nitrogens with one attached hydrogen (secondary N) is 3. The first kappa shape index (κ1) is 25.4. The van der Waals surface area contributed by atoms with E-state index in [2.05, 4.69) is 29.8 Å². The SMILES string of the molecule is CC(C)NCCCCCNC(=O)NC1SN(F)C(OCc2ccccc2)C1(C)C(N)=O. The fraction of sp³-hybridized carbons (Fsp3) is 0.619. The highest BCUT2D eigenvalue weighted by molar-refractivity contribution is 7.97. The third kappa shape index (κ3) is 7.34. The van der Waals surface area contributed by atoms with Crippen molar-refractivity contribution in [1.29, 1.82) is 0 Å². The number of benzene rings is 1. The molecule has 1 fully saturated rings. The molecule has 0 spiro atoms. The van der Waals surface area contributed by atoms with Crippen LogP contribution in [-0.4, -0.2) is 47.2 Å². The van der Waals surface area contributed by atoms with Gasteiger partial charge in [-0.25, -0.2) is 4.79 Å². The molecule has 31 heavy (non-hydrogen) atoms. The van der Waals surface area contributed by atoms with Crippen LogP contribution in [0.4, 0.5) is 9.28 Å². The summed E-state index contributed by atoms with van der Waals surface area (Å²) in [6.45, 7) is 7.25. The highest BCUT2D eigenvalue weighted by Crippen LogP contribution is 2.47. The topological polar surface area (TPSA) is 109 Å². The summed E-state index contributed by atoms with van der Waals surface area (Å²) >= 11 is 0.686. The minimum Gasteiger partial charge on any atom is -0.369 e. The Morgan fingerprint density at radius 2 is 1.90 bits per heavy atom. The average Bonchev–Trinajstić information content (AvgIpc) is 2.96. The quantitative estimate of drug-likeness (QED) is 0.219. The molecule has 3 unspecified atom stereocenters. The normalized spacial score (nSPS) is 23.8. The van der Waals surface area contributed by atoms with E-state index in [1.54, 1.807) is 0 Å². The number of halogens is 1. The predicted molar refractivity (Wildman–Crippen MR) is 120 cm³/mol. The third-order valence-corrected chi connectivity index (χ3v) is 6.39. The van der Waals surface area contributed by atoms with E-state index in [1.165, 1.54) is 6.92 Å². The molecule has 0 saturated carbocycles. The summed E-state index contributed by atoms with van der Waals surface area (Å²) in [5.74, 6) is -0.749. The highest BCUT2D eigenvalue weighted by Gasteiger charge is 2.58. The van der Waals surface area contributed by atoms with Crippen LogP contribution in [-0.2, 0) is 16.1 Å². The van der Waals surface area contributed by atoms with Gasteiger partial charge in [-0.15, -0.1) is 4.48 Å². The zero-order valence-corrected chi connectivity index (χ0v) is 19.2. The van der Waals surface area contributed by atoms with Gasteiger partial charge in [0, 0.05) is 12.6 Å². The molecule has 174 valence electrons. The lowest BCUT2D eigenvalue weighted by Crippen LogP contribution is -2.56. The summed E-state index contributed by atoms with van der Waals surface area (Å²) in [6.07, 6.45) is 1.60. The molecule has 1 heterocycles. The second kappa shape index (κ2) is 12.2. The third-order valence-electron chi connectivity index (χ3n) is 5.18. The number of nitrogens with zero attached hydrogens (tertiary/aromatic N) is 1. The number of carbonyl (C=O) groups excluding carboxylic acids is 2. The van der Waals surface area contributed by atoms with Crippen LogP contribution < -0.4 is 21.7 Å². The van der Waals surface area contributed by atoms with E-state index in [9.17, 15) is 14.1 Å². The van der Waals surface area contributed by atoms with Crippen molar-refractivity contribution in [3.8, 4) is 0 Å². The second-order valence-corrected chi connectivity index (χ2v) is 9.15. The molecule has 1 aliphatic heterocycles. The lowest BCUT2D eigenvalue weighted by Gasteiger charge is -2.31. The maximum absolute atomic E-state index is 14.6. The van der Waals surface area contributed by atoms with Crippen LogP contribution in [0.15, 0.2) is 30.3 Å². The summed E-state index contributed by atoms with van der Waals surface area (Å²) in [6, 6.07) is 9.23. The van der Waals surface area contributed by atoms with Crippen molar-refractivity contribution >= 4 is 23.9 Å². The Morgan fingerprint density at radius 3 is 2.55 bits per heavy atom. The molecule has 0 radical (unpaired) electrons. The van der Waals surface area contributed by atoms with Gasteiger partial charge < -0.3 is 26.4 Å². The van der Waals surface area contributed by atoms with Gasteiger partial charge in [-0.3, -0.25) is 4.79 Å². The minimum absolute atomic E-state index is 0.111. The Bertz CT molecular complexity index is 712. The molecule has 3 atom stereocenters. The van der Waals surface area contributed by atoms with Crippen LogP contribution in [0.2, 0.25) is 0 Å². The number of primary amides is 1. The summed E-state index contributed by atoms with van der Waals surface area (Å²) in [7, 11) is 0. The van der Waals surface area contributed by atoms with Crippen LogP contribution >= 0.6 is 11.9 Å². The van der Waals surface area contributed by atoms with E-state index in [-0.39, 0.29) is 6.61 Å². The van der Waals surface area contributed by atoms with E-state index in [1.807, 2.05) is 30.3 Å². The number of rotatable bonds is 12. The van der Waals surface area contributed by atoms with Crippen molar-refractivity contribution in [3.63, 3.8) is 0 Å². The molecule has 1 saturated heterocycles. The van der Waals surface area contributed by atoms with Crippen LogP contribution in [0, 0.1) is 5.41 Å². The second-order valence-electron chi connectivity index (χ2n) is 8.12. The number of hydrogen-bond acceptors (Lipinski definition) is 6. The Kier molecular flexibility index (Phi) is 10.0. The fourth-order valence-electron chi connectivity index (χ4n) is 3.20. The number of nitrogens with two attached hydrogens (primary N) is 1. The van der Waals surface area contributed by atoms with Crippen molar-refractivity contribution in [2.45, 2.75) is 64.3 Å². The first-order valence-electron chi connectivity index (χ1n) is 10.6. The van der Waals surface area contributed by atoms with Gasteiger partial charge in [-0.1, -0.05) is 55.1 Å². The van der Waals surface area contributed by atoms with Crippen molar-refractivity contribution in [2.75, 3.05) is 13.1 Å². The summed E-state index contributed by atoms with van der Waals surface area (Å²) in [5, 5.41) is 7.87. The van der Waals surface area contributed by atoms with E-state index >= 15 is 0 Å². The zero-order valence-electron chi connectivity index (χ0n) is 18.4. The molecule has 2 rings (SSSR count). The standard InChI is InChI=1S/C21H34FN5O3S/c1-15(2)24-12-8-5-9-13-25-20(29)26-18-21(3,17(23)28)19(27(22)31-18)30-14-16-10-6-4-7-11-16/h4,6-7,10-11,15,18-19,24H,5,8-9,12-14H2,1-3H3,(H2,23,28)(H2,25,26,29). The lowest BCUT2D eigenvalue weighted by molar-refractivity contribution is -0.163. The average molecular weight is 456 g/mol. The van der Waals surface area contributed by atoms with Gasteiger partial charge in [0.1, 0.15) is 10.8 Å². The molecular formula is C21H34FN5O3S. The number of ether oxygens (including phenoxy) is 1. The molecule has 1 aliphatic rings. The number of hydrogen-bond donors (Lipinski definition) is 4. The maximum atomic E-state index is 14.6. The van der Waals surface area contributed by atoms with E-state index in [0.29, 0.717) is 29.1 Å². The Morgan fingerprint density at radius 1 is 1.23 bits per heavy atom. The van der Waals surface area contributed by atoms with Crippen molar-refractivity contribution in [3.05, 3.63) is 35.9 Å². The Labute approximate surface area is 187 Å². The van der Waals surface area contributed by atoms with Crippen LogP contribution in [0.3, 0.4) is 0 Å². The number of amides is 3. The van der Waals surface area contributed by atoms with E-state index in [4.69, 9.17) is 10.5 Å². The van der Waals surface area contributed by atoms with Gasteiger partial charge in [0.05, 0.1) is 6.61 Å². The lowest BCUT2D eigenvalue weighted by atomic mass is 9.87. The molecule has 3 amide bonds. The summed E-state index contributed by atoms with van der Waals surface area (Å²) in [4.78, 5) is 24.5. The van der Waals surface area contributed by atoms with Gasteiger partial charge in [0.15, 0.2) is 6.23 Å². The van der Waals surface area contributed by atoms with Gasteiger partial charge >= 0.3 is 6.03 Å². The van der Waals surface area contributed by atoms with Gasteiger partial charge in [-0.2, -0.15) is 0 Å². The van der Waals surface area contributed by atoms with Crippen LogP contribution in [0.5, 0.6) is 0 Å².